The third-order valence-electron chi connectivity index (χ3n) is 2.65. The van der Waals surface area contributed by atoms with Crippen LogP contribution in [-0.4, -0.2) is 5.16 Å². The van der Waals surface area contributed by atoms with Crippen molar-refractivity contribution in [1.29, 1.82) is 0 Å². The highest BCUT2D eigenvalue weighted by Gasteiger charge is 2.24. The van der Waals surface area contributed by atoms with E-state index in [0.29, 0.717) is 5.16 Å². The quantitative estimate of drug-likeness (QED) is 0.417. The molecule has 0 aliphatic rings. The van der Waals surface area contributed by atoms with E-state index >= 15 is 0 Å². The maximum atomic E-state index is 4.23. The van der Waals surface area contributed by atoms with Crippen LogP contribution in [0.3, 0.4) is 0 Å². The maximum Gasteiger partial charge on any atom is 0.00537 e. The van der Waals surface area contributed by atoms with Crippen molar-refractivity contribution in [3.8, 4) is 0 Å². The van der Waals surface area contributed by atoms with Gasteiger partial charge in [0.1, 0.15) is 0 Å². The van der Waals surface area contributed by atoms with E-state index in [1.54, 1.807) is 0 Å². The van der Waals surface area contributed by atoms with Crippen LogP contribution in [-0.2, 0) is 0 Å². The van der Waals surface area contributed by atoms with Crippen LogP contribution in [0, 0.1) is 0 Å². The zero-order valence-corrected chi connectivity index (χ0v) is 10.7. The lowest BCUT2D eigenvalue weighted by Gasteiger charge is -2.31. The fourth-order valence-corrected chi connectivity index (χ4v) is 2.64. The maximum absolute atomic E-state index is 4.23. The van der Waals surface area contributed by atoms with Crippen molar-refractivity contribution in [1.82, 2.24) is 0 Å². The third-order valence-corrected chi connectivity index (χ3v) is 3.63. The highest BCUT2D eigenvalue weighted by molar-refractivity contribution is 7.19. The van der Waals surface area contributed by atoms with Gasteiger partial charge < -0.3 is 0 Å². The van der Waals surface area contributed by atoms with Gasteiger partial charge >= 0.3 is 0 Å². The Kier molecular flexibility index (Phi) is 6.68. The molecule has 0 N–H and O–H groups in total. The Morgan fingerprint density at radius 2 is 1.54 bits per heavy atom. The molecule has 0 bridgehead atoms. The average molecular weight is 200 g/mol. The molecule has 0 radical (unpaired) electrons. The first-order chi connectivity index (χ1) is 6.10. The van der Waals surface area contributed by atoms with Crippen LogP contribution in [0.1, 0.15) is 59.3 Å². The summed E-state index contributed by atoms with van der Waals surface area (Å²) >= 11 is 0. The van der Waals surface area contributed by atoms with Crippen LogP contribution in [0.15, 0.2) is 12.2 Å². The molecule has 0 aromatic heterocycles. The van der Waals surface area contributed by atoms with Crippen LogP contribution >= 0.6 is 9.24 Å². The van der Waals surface area contributed by atoms with E-state index in [1.807, 2.05) is 0 Å². The normalized spacial score (nSPS) is 11.7. The van der Waals surface area contributed by atoms with Crippen molar-refractivity contribution in [3.63, 3.8) is 0 Å². The molecule has 1 atom stereocenters. The van der Waals surface area contributed by atoms with Gasteiger partial charge in [0.15, 0.2) is 0 Å². The van der Waals surface area contributed by atoms with Crippen molar-refractivity contribution >= 4 is 9.24 Å². The molecule has 0 aromatic rings. The van der Waals surface area contributed by atoms with E-state index in [1.165, 1.54) is 44.1 Å². The molecule has 0 aliphatic carbocycles. The lowest BCUT2D eigenvalue weighted by molar-refractivity contribution is 0.533. The standard InChI is InChI=1S/C12H25P/c1-5-8-11(4)12(13,9-6-2)10-7-3/h4-10,13H2,1-3H3. The zero-order valence-electron chi connectivity index (χ0n) is 9.53. The summed E-state index contributed by atoms with van der Waals surface area (Å²) in [7, 11) is 3.05. The van der Waals surface area contributed by atoms with Crippen LogP contribution in [0.4, 0.5) is 0 Å². The van der Waals surface area contributed by atoms with Gasteiger partial charge in [-0.05, 0) is 19.3 Å². The second-order valence-corrected chi connectivity index (χ2v) is 5.11. The van der Waals surface area contributed by atoms with Crippen LogP contribution < -0.4 is 0 Å². The Morgan fingerprint density at radius 3 is 1.85 bits per heavy atom. The summed E-state index contributed by atoms with van der Waals surface area (Å²) in [6.45, 7) is 11.0. The lowest BCUT2D eigenvalue weighted by Crippen LogP contribution is -2.22. The zero-order chi connectivity index (χ0) is 10.3. The van der Waals surface area contributed by atoms with E-state index in [9.17, 15) is 0 Å². The second-order valence-electron chi connectivity index (χ2n) is 4.01. The molecule has 0 saturated carbocycles. The summed E-state index contributed by atoms with van der Waals surface area (Å²) in [4.78, 5) is 0. The minimum atomic E-state index is 0.333. The summed E-state index contributed by atoms with van der Waals surface area (Å²) in [5, 5.41) is 0.333. The van der Waals surface area contributed by atoms with Gasteiger partial charge in [0.2, 0.25) is 0 Å². The molecule has 13 heavy (non-hydrogen) atoms. The van der Waals surface area contributed by atoms with E-state index in [0.717, 1.165) is 0 Å². The molecule has 1 unspecified atom stereocenters. The summed E-state index contributed by atoms with van der Waals surface area (Å²) in [6, 6.07) is 0. The summed E-state index contributed by atoms with van der Waals surface area (Å²) in [6.07, 6.45) is 7.46. The molecule has 0 nitrogen and oxygen atoms in total. The first kappa shape index (κ1) is 13.2. The smallest absolute Gasteiger partial charge is 0.00537 e. The highest BCUT2D eigenvalue weighted by atomic mass is 31.0. The molecular formula is C12H25P. The first-order valence-corrected chi connectivity index (χ1v) is 6.15. The highest BCUT2D eigenvalue weighted by Crippen LogP contribution is 2.38. The molecule has 0 saturated heterocycles. The fraction of sp³-hybridized carbons (Fsp3) is 0.833. The molecule has 0 amide bonds. The molecular weight excluding hydrogens is 175 g/mol. The van der Waals surface area contributed by atoms with Gasteiger partial charge in [0.25, 0.3) is 0 Å². The summed E-state index contributed by atoms with van der Waals surface area (Å²) in [5.74, 6) is 0. The Balaban J connectivity index is 4.27. The molecule has 1 heteroatoms. The Labute approximate surface area is 86.4 Å². The van der Waals surface area contributed by atoms with Gasteiger partial charge in [-0.25, -0.2) is 0 Å². The van der Waals surface area contributed by atoms with Gasteiger partial charge in [-0.15, -0.1) is 9.24 Å². The number of hydrogen-bond acceptors (Lipinski definition) is 0. The Bertz CT molecular complexity index is 143. The molecule has 0 aromatic carbocycles. The monoisotopic (exact) mass is 200 g/mol. The summed E-state index contributed by atoms with van der Waals surface area (Å²) in [5.41, 5.74) is 1.43. The van der Waals surface area contributed by atoms with Crippen molar-refractivity contribution in [2.75, 3.05) is 0 Å². The van der Waals surface area contributed by atoms with Gasteiger partial charge in [0.05, 0.1) is 0 Å². The number of rotatable bonds is 7. The van der Waals surface area contributed by atoms with Crippen LogP contribution in [0.25, 0.3) is 0 Å². The molecule has 0 heterocycles. The Hall–Kier alpha value is 0.170. The Morgan fingerprint density at radius 1 is 1.08 bits per heavy atom. The second kappa shape index (κ2) is 6.60. The van der Waals surface area contributed by atoms with Gasteiger partial charge in [-0.2, -0.15) is 0 Å². The van der Waals surface area contributed by atoms with Gasteiger partial charge in [0, 0.05) is 5.16 Å². The van der Waals surface area contributed by atoms with Crippen LogP contribution in [0.2, 0.25) is 0 Å². The topological polar surface area (TPSA) is 0 Å². The van der Waals surface area contributed by atoms with E-state index in [2.05, 4.69) is 36.6 Å². The summed E-state index contributed by atoms with van der Waals surface area (Å²) < 4.78 is 0. The number of allylic oxidation sites excluding steroid dienone is 1. The lowest BCUT2D eigenvalue weighted by atomic mass is 9.87. The van der Waals surface area contributed by atoms with Crippen molar-refractivity contribution in [2.45, 2.75) is 64.5 Å². The molecule has 0 spiro atoms. The van der Waals surface area contributed by atoms with Gasteiger partial charge in [-0.3, -0.25) is 0 Å². The molecule has 0 rings (SSSR count). The van der Waals surface area contributed by atoms with Crippen molar-refractivity contribution in [3.05, 3.63) is 12.2 Å². The van der Waals surface area contributed by atoms with E-state index < -0.39 is 0 Å². The van der Waals surface area contributed by atoms with E-state index in [4.69, 9.17) is 0 Å². The predicted molar refractivity (Wildman–Crippen MR) is 66.3 cm³/mol. The predicted octanol–water partition coefficient (Wildman–Crippen LogP) is 4.56. The molecule has 78 valence electrons. The average Bonchev–Trinajstić information content (AvgIpc) is 2.05. The SMILES string of the molecule is C=C(CCC)C(P)(CCC)CCC. The third kappa shape index (κ3) is 4.27. The first-order valence-electron chi connectivity index (χ1n) is 5.57. The minimum absolute atomic E-state index is 0.333. The number of hydrogen-bond donors (Lipinski definition) is 0. The van der Waals surface area contributed by atoms with E-state index in [-0.39, 0.29) is 0 Å². The molecule has 0 fully saturated rings. The minimum Gasteiger partial charge on any atom is -0.127 e. The van der Waals surface area contributed by atoms with Crippen molar-refractivity contribution in [2.24, 2.45) is 0 Å². The van der Waals surface area contributed by atoms with Crippen LogP contribution in [0.5, 0.6) is 0 Å². The largest absolute Gasteiger partial charge is 0.127 e. The van der Waals surface area contributed by atoms with Crippen molar-refractivity contribution < 1.29 is 0 Å². The molecule has 0 aliphatic heterocycles. The fourth-order valence-electron chi connectivity index (χ4n) is 1.92. The van der Waals surface area contributed by atoms with Gasteiger partial charge in [-0.1, -0.05) is 52.2 Å².